The van der Waals surface area contributed by atoms with Crippen molar-refractivity contribution in [3.63, 3.8) is 0 Å². The van der Waals surface area contributed by atoms with Crippen LogP contribution in [0.1, 0.15) is 46.1 Å². The number of benzene rings is 1. The van der Waals surface area contributed by atoms with E-state index in [1.54, 1.807) is 0 Å². The lowest BCUT2D eigenvalue weighted by Crippen LogP contribution is -2.32. The van der Waals surface area contributed by atoms with E-state index in [0.717, 1.165) is 25.7 Å². The van der Waals surface area contributed by atoms with Gasteiger partial charge in [0.1, 0.15) is 0 Å². The Kier molecular flexibility index (Phi) is 5.47. The molecule has 0 saturated heterocycles. The highest BCUT2D eigenvalue weighted by molar-refractivity contribution is 5.53. The van der Waals surface area contributed by atoms with E-state index in [2.05, 4.69) is 62.2 Å². The van der Waals surface area contributed by atoms with Crippen molar-refractivity contribution in [1.82, 2.24) is 5.32 Å². The Labute approximate surface area is 124 Å². The zero-order valence-electron chi connectivity index (χ0n) is 13.5. The minimum Gasteiger partial charge on any atom is -0.371 e. The molecule has 2 nitrogen and oxygen atoms in total. The number of hydrogen-bond acceptors (Lipinski definition) is 2. The molecule has 0 aromatic heterocycles. The van der Waals surface area contributed by atoms with Crippen molar-refractivity contribution in [1.29, 1.82) is 0 Å². The van der Waals surface area contributed by atoms with Crippen molar-refractivity contribution in [3.05, 3.63) is 29.8 Å². The number of hydrogen-bond donors (Lipinski definition) is 1. The fourth-order valence-electron chi connectivity index (χ4n) is 2.66. The monoisotopic (exact) mass is 274 g/mol. The molecule has 0 spiro atoms. The zero-order chi connectivity index (χ0) is 14.5. The van der Waals surface area contributed by atoms with Crippen LogP contribution in [0.5, 0.6) is 0 Å². The van der Waals surface area contributed by atoms with Crippen LogP contribution < -0.4 is 10.2 Å². The first-order valence-electron chi connectivity index (χ1n) is 8.12. The van der Waals surface area contributed by atoms with Crippen molar-refractivity contribution in [2.75, 3.05) is 18.0 Å². The van der Waals surface area contributed by atoms with Crippen molar-refractivity contribution < 1.29 is 0 Å². The molecular formula is C18H30N2. The smallest absolute Gasteiger partial charge is 0.0412 e. The molecule has 1 aromatic rings. The molecule has 0 bridgehead atoms. The Balaban J connectivity index is 2.11. The van der Waals surface area contributed by atoms with E-state index < -0.39 is 0 Å². The van der Waals surface area contributed by atoms with Gasteiger partial charge in [-0.3, -0.25) is 0 Å². The van der Waals surface area contributed by atoms with Gasteiger partial charge in [0.2, 0.25) is 0 Å². The summed E-state index contributed by atoms with van der Waals surface area (Å²) in [5, 5.41) is 3.65. The second-order valence-corrected chi connectivity index (χ2v) is 6.98. The second kappa shape index (κ2) is 7.12. The number of para-hydroxylation sites is 1. The summed E-state index contributed by atoms with van der Waals surface area (Å²) in [6, 6.07) is 9.67. The molecule has 0 amide bonds. The van der Waals surface area contributed by atoms with Crippen LogP contribution in [-0.4, -0.2) is 19.1 Å². The van der Waals surface area contributed by atoms with Gasteiger partial charge in [-0.2, -0.15) is 0 Å². The lowest BCUT2D eigenvalue weighted by molar-refractivity contribution is 0.550. The van der Waals surface area contributed by atoms with Gasteiger partial charge in [0.25, 0.3) is 0 Å². The Morgan fingerprint density at radius 1 is 1.05 bits per heavy atom. The van der Waals surface area contributed by atoms with Gasteiger partial charge < -0.3 is 10.2 Å². The third kappa shape index (κ3) is 4.82. The maximum Gasteiger partial charge on any atom is 0.0412 e. The van der Waals surface area contributed by atoms with Crippen molar-refractivity contribution in [2.24, 2.45) is 11.8 Å². The summed E-state index contributed by atoms with van der Waals surface area (Å²) >= 11 is 0. The van der Waals surface area contributed by atoms with Crippen LogP contribution in [0.25, 0.3) is 0 Å². The molecule has 1 N–H and O–H groups in total. The Hall–Kier alpha value is -1.02. The van der Waals surface area contributed by atoms with Gasteiger partial charge in [-0.05, 0) is 36.3 Å². The van der Waals surface area contributed by atoms with E-state index in [-0.39, 0.29) is 0 Å². The van der Waals surface area contributed by atoms with Gasteiger partial charge in [-0.1, -0.05) is 45.9 Å². The highest BCUT2D eigenvalue weighted by Gasteiger charge is 2.21. The first-order chi connectivity index (χ1) is 9.56. The van der Waals surface area contributed by atoms with E-state index in [4.69, 9.17) is 0 Å². The number of nitrogens with zero attached hydrogens (tertiary/aromatic N) is 1. The molecule has 0 unspecified atom stereocenters. The second-order valence-electron chi connectivity index (χ2n) is 6.98. The Morgan fingerprint density at radius 3 is 2.20 bits per heavy atom. The van der Waals surface area contributed by atoms with Crippen molar-refractivity contribution >= 4 is 5.69 Å². The van der Waals surface area contributed by atoms with E-state index in [1.165, 1.54) is 24.1 Å². The summed E-state index contributed by atoms with van der Waals surface area (Å²) in [4.78, 5) is 2.57. The minimum absolute atomic E-state index is 0.693. The molecule has 1 aliphatic rings. The summed E-state index contributed by atoms with van der Waals surface area (Å²) in [7, 11) is 0. The first-order valence-corrected chi connectivity index (χ1v) is 8.12. The molecule has 1 fully saturated rings. The highest BCUT2D eigenvalue weighted by Crippen LogP contribution is 2.25. The average Bonchev–Trinajstić information content (AvgIpc) is 3.19. The molecule has 0 heterocycles. The number of rotatable bonds is 8. The van der Waals surface area contributed by atoms with Crippen LogP contribution in [-0.2, 0) is 6.54 Å². The van der Waals surface area contributed by atoms with Crippen LogP contribution in [0.4, 0.5) is 5.69 Å². The lowest BCUT2D eigenvalue weighted by Gasteiger charge is -2.30. The molecule has 20 heavy (non-hydrogen) atoms. The van der Waals surface area contributed by atoms with Gasteiger partial charge in [-0.25, -0.2) is 0 Å². The third-order valence-electron chi connectivity index (χ3n) is 3.66. The first kappa shape index (κ1) is 15.4. The van der Waals surface area contributed by atoms with Crippen LogP contribution in [0.3, 0.4) is 0 Å². The summed E-state index contributed by atoms with van der Waals surface area (Å²) in [5.74, 6) is 1.39. The van der Waals surface area contributed by atoms with Crippen LogP contribution in [0, 0.1) is 11.8 Å². The predicted octanol–water partition coefficient (Wildman–Crippen LogP) is 4.06. The molecule has 1 saturated carbocycles. The maximum absolute atomic E-state index is 3.65. The third-order valence-corrected chi connectivity index (χ3v) is 3.66. The SMILES string of the molecule is CC(C)CN(CC(C)C)c1ccccc1CNC1CC1. The largest absolute Gasteiger partial charge is 0.371 e. The van der Waals surface area contributed by atoms with E-state index in [0.29, 0.717) is 11.8 Å². The van der Waals surface area contributed by atoms with Gasteiger partial charge in [-0.15, -0.1) is 0 Å². The molecule has 1 aromatic carbocycles. The van der Waals surface area contributed by atoms with Gasteiger partial charge in [0.05, 0.1) is 0 Å². The van der Waals surface area contributed by atoms with Gasteiger partial charge >= 0.3 is 0 Å². The summed E-state index contributed by atoms with van der Waals surface area (Å²) in [6.45, 7) is 12.5. The van der Waals surface area contributed by atoms with Crippen molar-refractivity contribution in [2.45, 2.75) is 53.1 Å². The molecule has 2 heteroatoms. The highest BCUT2D eigenvalue weighted by atomic mass is 15.1. The van der Waals surface area contributed by atoms with E-state index in [9.17, 15) is 0 Å². The number of anilines is 1. The zero-order valence-corrected chi connectivity index (χ0v) is 13.5. The summed E-state index contributed by atoms with van der Waals surface area (Å²) in [6.07, 6.45) is 2.70. The predicted molar refractivity (Wildman–Crippen MR) is 88.2 cm³/mol. The summed E-state index contributed by atoms with van der Waals surface area (Å²) in [5.41, 5.74) is 2.86. The van der Waals surface area contributed by atoms with Crippen LogP contribution >= 0.6 is 0 Å². The molecular weight excluding hydrogens is 244 g/mol. The molecule has 2 rings (SSSR count). The van der Waals surface area contributed by atoms with Gasteiger partial charge in [0.15, 0.2) is 0 Å². The van der Waals surface area contributed by atoms with E-state index in [1.807, 2.05) is 0 Å². The molecule has 0 aliphatic heterocycles. The van der Waals surface area contributed by atoms with Crippen LogP contribution in [0.15, 0.2) is 24.3 Å². The Bertz CT molecular complexity index is 398. The Morgan fingerprint density at radius 2 is 1.65 bits per heavy atom. The van der Waals surface area contributed by atoms with E-state index >= 15 is 0 Å². The molecule has 0 atom stereocenters. The average molecular weight is 274 g/mol. The topological polar surface area (TPSA) is 15.3 Å². The van der Waals surface area contributed by atoms with Crippen LogP contribution in [0.2, 0.25) is 0 Å². The molecule has 112 valence electrons. The maximum atomic E-state index is 3.65. The number of nitrogens with one attached hydrogen (secondary N) is 1. The normalized spacial score (nSPS) is 15.1. The standard InChI is InChI=1S/C18H30N2/c1-14(2)12-20(13-15(3)4)18-8-6-5-7-16(18)11-19-17-9-10-17/h5-8,14-15,17,19H,9-13H2,1-4H3. The molecule has 1 aliphatic carbocycles. The van der Waals surface area contributed by atoms with Crippen molar-refractivity contribution in [3.8, 4) is 0 Å². The molecule has 0 radical (unpaired) electrons. The fourth-order valence-corrected chi connectivity index (χ4v) is 2.66. The minimum atomic E-state index is 0.693. The lowest BCUT2D eigenvalue weighted by atomic mass is 10.1. The summed E-state index contributed by atoms with van der Waals surface area (Å²) < 4.78 is 0. The quantitative estimate of drug-likeness (QED) is 0.769. The van der Waals surface area contributed by atoms with Gasteiger partial charge in [0, 0.05) is 31.4 Å². The fraction of sp³-hybridized carbons (Fsp3) is 0.667.